The Morgan fingerprint density at radius 1 is 1.33 bits per heavy atom. The van der Waals surface area contributed by atoms with Gasteiger partial charge < -0.3 is 19.5 Å². The van der Waals surface area contributed by atoms with Crippen molar-refractivity contribution in [2.24, 2.45) is 5.92 Å². The summed E-state index contributed by atoms with van der Waals surface area (Å²) >= 11 is 0. The first-order valence-corrected chi connectivity index (χ1v) is 9.51. The molecule has 1 aliphatic heterocycles. The predicted octanol–water partition coefficient (Wildman–Crippen LogP) is 3.15. The standard InChI is InChI=1S/C20H28N4O3/c1-14(12-16-4-6-18(26-3)7-5-16)13-21-20(25)24-10-8-17(9-11-24)19-22-15(2)23-27-19/h4-7,14,17H,8-13H2,1-3H3,(H,21,25). The van der Waals surface area contributed by atoms with Gasteiger partial charge in [-0.15, -0.1) is 0 Å². The maximum absolute atomic E-state index is 12.4. The Morgan fingerprint density at radius 3 is 2.63 bits per heavy atom. The van der Waals surface area contributed by atoms with E-state index >= 15 is 0 Å². The normalized spacial score (nSPS) is 16.2. The van der Waals surface area contributed by atoms with Crippen molar-refractivity contribution in [1.29, 1.82) is 0 Å². The van der Waals surface area contributed by atoms with Gasteiger partial charge in [-0.25, -0.2) is 4.79 Å². The summed E-state index contributed by atoms with van der Waals surface area (Å²) in [6.45, 7) is 6.06. The van der Waals surface area contributed by atoms with Gasteiger partial charge in [0.1, 0.15) is 5.75 Å². The summed E-state index contributed by atoms with van der Waals surface area (Å²) in [5.41, 5.74) is 1.24. The van der Waals surface area contributed by atoms with E-state index in [-0.39, 0.29) is 11.9 Å². The first-order valence-electron chi connectivity index (χ1n) is 9.51. The molecule has 2 amide bonds. The van der Waals surface area contributed by atoms with E-state index in [4.69, 9.17) is 9.26 Å². The Balaban J connectivity index is 1.40. The van der Waals surface area contributed by atoms with Gasteiger partial charge in [0.05, 0.1) is 7.11 Å². The molecular weight excluding hydrogens is 344 g/mol. The molecular formula is C20H28N4O3. The molecule has 1 atom stereocenters. The zero-order valence-electron chi connectivity index (χ0n) is 16.3. The van der Waals surface area contributed by atoms with E-state index in [1.165, 1.54) is 5.56 Å². The second kappa shape index (κ2) is 8.88. The van der Waals surface area contributed by atoms with Crippen LogP contribution in [0.2, 0.25) is 0 Å². The van der Waals surface area contributed by atoms with E-state index in [1.54, 1.807) is 7.11 Å². The highest BCUT2D eigenvalue weighted by atomic mass is 16.5. The van der Waals surface area contributed by atoms with Crippen molar-refractivity contribution in [2.75, 3.05) is 26.7 Å². The van der Waals surface area contributed by atoms with Crippen LogP contribution in [0.3, 0.4) is 0 Å². The Bertz CT molecular complexity index is 736. The number of carbonyl (C=O) groups is 1. The van der Waals surface area contributed by atoms with Gasteiger partial charge in [0, 0.05) is 25.6 Å². The molecule has 0 aliphatic carbocycles. The van der Waals surface area contributed by atoms with Gasteiger partial charge in [0.2, 0.25) is 5.89 Å². The van der Waals surface area contributed by atoms with Crippen molar-refractivity contribution in [3.63, 3.8) is 0 Å². The van der Waals surface area contributed by atoms with Gasteiger partial charge in [0.25, 0.3) is 0 Å². The number of methoxy groups -OCH3 is 1. The van der Waals surface area contributed by atoms with Crippen LogP contribution in [0.5, 0.6) is 5.75 Å². The van der Waals surface area contributed by atoms with Crippen LogP contribution in [0.4, 0.5) is 4.79 Å². The lowest BCUT2D eigenvalue weighted by Crippen LogP contribution is -2.45. The van der Waals surface area contributed by atoms with E-state index in [1.807, 2.05) is 24.0 Å². The fourth-order valence-electron chi connectivity index (χ4n) is 3.42. The number of hydrogen-bond donors (Lipinski definition) is 1. The minimum absolute atomic E-state index is 0.0109. The number of amides is 2. The highest BCUT2D eigenvalue weighted by molar-refractivity contribution is 5.74. The molecule has 0 radical (unpaired) electrons. The lowest BCUT2D eigenvalue weighted by Gasteiger charge is -2.30. The average molecular weight is 372 g/mol. The lowest BCUT2D eigenvalue weighted by atomic mass is 9.97. The molecule has 7 nitrogen and oxygen atoms in total. The Morgan fingerprint density at radius 2 is 2.04 bits per heavy atom. The number of benzene rings is 1. The molecule has 146 valence electrons. The first-order chi connectivity index (χ1) is 13.0. The number of ether oxygens (including phenoxy) is 1. The number of aryl methyl sites for hydroxylation is 1. The third-order valence-corrected chi connectivity index (χ3v) is 5.02. The van der Waals surface area contributed by atoms with Gasteiger partial charge in [-0.1, -0.05) is 24.2 Å². The fraction of sp³-hybridized carbons (Fsp3) is 0.550. The average Bonchev–Trinajstić information content (AvgIpc) is 3.13. The van der Waals surface area contributed by atoms with Gasteiger partial charge in [-0.05, 0) is 49.8 Å². The number of piperidine rings is 1. The van der Waals surface area contributed by atoms with Crippen LogP contribution in [0.25, 0.3) is 0 Å². The quantitative estimate of drug-likeness (QED) is 0.842. The van der Waals surface area contributed by atoms with Crippen molar-refractivity contribution in [2.45, 2.75) is 39.0 Å². The van der Waals surface area contributed by atoms with E-state index in [0.29, 0.717) is 37.3 Å². The summed E-state index contributed by atoms with van der Waals surface area (Å²) in [6, 6.07) is 8.09. The van der Waals surface area contributed by atoms with Gasteiger partial charge >= 0.3 is 6.03 Å². The maximum Gasteiger partial charge on any atom is 0.317 e. The van der Waals surface area contributed by atoms with Crippen LogP contribution < -0.4 is 10.1 Å². The number of rotatable bonds is 6. The molecule has 1 aliphatic rings. The van der Waals surface area contributed by atoms with Crippen molar-refractivity contribution in [1.82, 2.24) is 20.4 Å². The Hall–Kier alpha value is -2.57. The highest BCUT2D eigenvalue weighted by Crippen LogP contribution is 2.26. The van der Waals surface area contributed by atoms with Crippen LogP contribution in [0.15, 0.2) is 28.8 Å². The number of aromatic nitrogens is 2. The molecule has 3 rings (SSSR count). The molecule has 27 heavy (non-hydrogen) atoms. The maximum atomic E-state index is 12.4. The zero-order valence-corrected chi connectivity index (χ0v) is 16.3. The second-order valence-electron chi connectivity index (χ2n) is 7.28. The third kappa shape index (κ3) is 5.21. The molecule has 0 spiro atoms. The van der Waals surface area contributed by atoms with Crippen LogP contribution in [0.1, 0.15) is 43.0 Å². The largest absolute Gasteiger partial charge is 0.497 e. The molecule has 2 aromatic rings. The molecule has 1 aromatic carbocycles. The molecule has 0 saturated carbocycles. The molecule has 0 bridgehead atoms. The summed E-state index contributed by atoms with van der Waals surface area (Å²) in [5.74, 6) is 2.83. The lowest BCUT2D eigenvalue weighted by molar-refractivity contribution is 0.174. The summed E-state index contributed by atoms with van der Waals surface area (Å²) in [7, 11) is 1.67. The van der Waals surface area contributed by atoms with Crippen LogP contribution >= 0.6 is 0 Å². The summed E-state index contributed by atoms with van der Waals surface area (Å²) in [6.07, 6.45) is 2.63. The van der Waals surface area contributed by atoms with Crippen molar-refractivity contribution >= 4 is 6.03 Å². The molecule has 2 heterocycles. The van der Waals surface area contributed by atoms with Crippen LogP contribution in [-0.2, 0) is 6.42 Å². The van der Waals surface area contributed by atoms with Crippen LogP contribution in [0, 0.1) is 12.8 Å². The minimum atomic E-state index is 0.0109. The van der Waals surface area contributed by atoms with E-state index < -0.39 is 0 Å². The topological polar surface area (TPSA) is 80.5 Å². The molecule has 1 aromatic heterocycles. The number of likely N-dealkylation sites (tertiary alicyclic amines) is 1. The second-order valence-corrected chi connectivity index (χ2v) is 7.28. The highest BCUT2D eigenvalue weighted by Gasteiger charge is 2.27. The summed E-state index contributed by atoms with van der Waals surface area (Å²) in [4.78, 5) is 18.6. The minimum Gasteiger partial charge on any atom is -0.497 e. The summed E-state index contributed by atoms with van der Waals surface area (Å²) in [5, 5.41) is 6.92. The molecule has 7 heteroatoms. The fourth-order valence-corrected chi connectivity index (χ4v) is 3.42. The van der Waals surface area contributed by atoms with Crippen molar-refractivity contribution in [3.8, 4) is 5.75 Å². The smallest absolute Gasteiger partial charge is 0.317 e. The Labute approximate surface area is 160 Å². The van der Waals surface area contributed by atoms with Crippen LogP contribution in [-0.4, -0.2) is 47.8 Å². The monoisotopic (exact) mass is 372 g/mol. The number of nitrogens with one attached hydrogen (secondary N) is 1. The van der Waals surface area contributed by atoms with Gasteiger partial charge in [-0.3, -0.25) is 0 Å². The van der Waals surface area contributed by atoms with E-state index in [9.17, 15) is 4.79 Å². The zero-order chi connectivity index (χ0) is 19.2. The molecule has 1 saturated heterocycles. The van der Waals surface area contributed by atoms with Gasteiger partial charge in [0.15, 0.2) is 5.82 Å². The molecule has 1 unspecified atom stereocenters. The number of hydrogen-bond acceptors (Lipinski definition) is 5. The van der Waals surface area contributed by atoms with E-state index in [2.05, 4.69) is 34.5 Å². The number of nitrogens with zero attached hydrogens (tertiary/aromatic N) is 3. The summed E-state index contributed by atoms with van der Waals surface area (Å²) < 4.78 is 10.4. The third-order valence-electron chi connectivity index (χ3n) is 5.02. The number of urea groups is 1. The van der Waals surface area contributed by atoms with Crippen molar-refractivity contribution in [3.05, 3.63) is 41.5 Å². The van der Waals surface area contributed by atoms with Crippen molar-refractivity contribution < 1.29 is 14.1 Å². The first kappa shape index (κ1) is 19.2. The van der Waals surface area contributed by atoms with E-state index in [0.717, 1.165) is 25.0 Å². The number of carbonyl (C=O) groups excluding carboxylic acids is 1. The molecule has 1 fully saturated rings. The SMILES string of the molecule is COc1ccc(CC(C)CNC(=O)N2CCC(c3nc(C)no3)CC2)cc1. The molecule has 1 N–H and O–H groups in total. The van der Waals surface area contributed by atoms with Gasteiger partial charge in [-0.2, -0.15) is 4.98 Å². The predicted molar refractivity (Wildman–Crippen MR) is 102 cm³/mol. The Kier molecular flexibility index (Phi) is 6.32.